The fourth-order valence-electron chi connectivity index (χ4n) is 2.88. The van der Waals surface area contributed by atoms with Crippen molar-refractivity contribution in [2.45, 2.75) is 26.3 Å². The zero-order chi connectivity index (χ0) is 20.4. The lowest BCUT2D eigenvalue weighted by Gasteiger charge is -2.33. The first-order valence-corrected chi connectivity index (χ1v) is 9.07. The molecule has 28 heavy (non-hydrogen) atoms. The lowest BCUT2D eigenvalue weighted by molar-refractivity contribution is -0.384. The second-order valence-electron chi connectivity index (χ2n) is 6.33. The number of hydrogen-bond donors (Lipinski definition) is 1. The van der Waals surface area contributed by atoms with Crippen molar-refractivity contribution in [3.05, 3.63) is 64.0 Å². The average Bonchev–Trinajstić information content (AvgIpc) is 3.13. The van der Waals surface area contributed by atoms with E-state index in [1.54, 1.807) is 35.0 Å². The molecule has 8 nitrogen and oxygen atoms in total. The van der Waals surface area contributed by atoms with Crippen LogP contribution in [0.15, 0.2) is 48.2 Å². The van der Waals surface area contributed by atoms with E-state index in [1.807, 2.05) is 13.8 Å². The molecular formula is C19H18N4O4S. The number of nitrogens with zero attached hydrogens (tertiary/aromatic N) is 3. The van der Waals surface area contributed by atoms with E-state index in [4.69, 9.17) is 12.2 Å². The molecule has 0 radical (unpaired) electrons. The normalized spacial score (nSPS) is 17.0. The van der Waals surface area contributed by atoms with Crippen molar-refractivity contribution >= 4 is 40.9 Å². The van der Waals surface area contributed by atoms with Crippen LogP contribution in [0.25, 0.3) is 11.8 Å². The summed E-state index contributed by atoms with van der Waals surface area (Å²) in [6.07, 6.45) is 3.93. The van der Waals surface area contributed by atoms with Crippen LogP contribution in [0.1, 0.15) is 26.0 Å². The Morgan fingerprint density at radius 3 is 2.54 bits per heavy atom. The molecule has 2 aromatic rings. The monoisotopic (exact) mass is 398 g/mol. The first-order chi connectivity index (χ1) is 13.3. The van der Waals surface area contributed by atoms with Gasteiger partial charge in [0.25, 0.3) is 17.5 Å². The molecule has 1 aromatic heterocycles. The Hall–Kier alpha value is -3.33. The van der Waals surface area contributed by atoms with E-state index in [1.165, 1.54) is 23.1 Å². The highest BCUT2D eigenvalue weighted by molar-refractivity contribution is 7.80. The zero-order valence-corrected chi connectivity index (χ0v) is 16.1. The van der Waals surface area contributed by atoms with Gasteiger partial charge in [0.15, 0.2) is 5.11 Å². The number of thiocarbonyl (C=S) groups is 1. The van der Waals surface area contributed by atoms with Crippen LogP contribution in [0.2, 0.25) is 0 Å². The first-order valence-electron chi connectivity index (χ1n) is 8.66. The van der Waals surface area contributed by atoms with Crippen molar-refractivity contribution in [2.24, 2.45) is 0 Å². The number of nitrogens with one attached hydrogen (secondary N) is 1. The molecule has 1 saturated heterocycles. The first kappa shape index (κ1) is 19.4. The van der Waals surface area contributed by atoms with Gasteiger partial charge in [0, 0.05) is 35.8 Å². The van der Waals surface area contributed by atoms with Gasteiger partial charge in [-0.3, -0.25) is 29.9 Å². The van der Waals surface area contributed by atoms with E-state index < -0.39 is 16.7 Å². The lowest BCUT2D eigenvalue weighted by atomic mass is 10.1. The predicted octanol–water partition coefficient (Wildman–Crippen LogP) is 2.81. The third-order valence-corrected chi connectivity index (χ3v) is 4.87. The van der Waals surface area contributed by atoms with Gasteiger partial charge in [-0.15, -0.1) is 0 Å². The van der Waals surface area contributed by atoms with E-state index in [-0.39, 0.29) is 22.4 Å². The molecule has 0 unspecified atom stereocenters. The van der Waals surface area contributed by atoms with Crippen molar-refractivity contribution < 1.29 is 14.5 Å². The van der Waals surface area contributed by atoms with Gasteiger partial charge in [-0.05, 0) is 55.9 Å². The molecule has 0 saturated carbocycles. The maximum atomic E-state index is 12.9. The van der Waals surface area contributed by atoms with Crippen LogP contribution in [0, 0.1) is 10.1 Å². The quantitative estimate of drug-likeness (QED) is 0.275. The molecule has 1 fully saturated rings. The van der Waals surface area contributed by atoms with Gasteiger partial charge >= 0.3 is 0 Å². The van der Waals surface area contributed by atoms with Gasteiger partial charge in [-0.1, -0.05) is 6.92 Å². The highest BCUT2D eigenvalue weighted by atomic mass is 32.1. The number of nitro benzene ring substituents is 1. The molecule has 2 heterocycles. The summed E-state index contributed by atoms with van der Waals surface area (Å²) in [6, 6.07) is 9.35. The smallest absolute Gasteiger partial charge is 0.269 e. The number of nitro groups is 1. The second kappa shape index (κ2) is 7.73. The molecule has 1 aliphatic heterocycles. The van der Waals surface area contributed by atoms with Crippen LogP contribution >= 0.6 is 12.2 Å². The van der Waals surface area contributed by atoms with Crippen LogP contribution in [-0.4, -0.2) is 37.4 Å². The summed E-state index contributed by atoms with van der Waals surface area (Å²) in [6.45, 7) is 3.79. The number of hydrogen-bond acceptors (Lipinski definition) is 5. The summed E-state index contributed by atoms with van der Waals surface area (Å²) in [5, 5.41) is 13.5. The predicted molar refractivity (Wildman–Crippen MR) is 108 cm³/mol. The van der Waals surface area contributed by atoms with Gasteiger partial charge in [-0.2, -0.15) is 0 Å². The molecule has 0 spiro atoms. The van der Waals surface area contributed by atoms with Gasteiger partial charge < -0.3 is 4.57 Å². The topological polar surface area (TPSA) is 97.5 Å². The number of carbonyl (C=O) groups is 2. The summed E-state index contributed by atoms with van der Waals surface area (Å²) >= 11 is 5.15. The molecule has 0 aliphatic carbocycles. The Kier molecular flexibility index (Phi) is 5.36. The van der Waals surface area contributed by atoms with Crippen LogP contribution in [-0.2, 0) is 9.59 Å². The summed E-state index contributed by atoms with van der Waals surface area (Å²) in [5.74, 6) is -0.995. The van der Waals surface area contributed by atoms with Crippen LogP contribution in [0.5, 0.6) is 0 Å². The highest BCUT2D eigenvalue weighted by Crippen LogP contribution is 2.22. The van der Waals surface area contributed by atoms with Gasteiger partial charge in [0.1, 0.15) is 5.57 Å². The number of carbonyl (C=O) groups excluding carboxylic acids is 2. The van der Waals surface area contributed by atoms with Crippen molar-refractivity contribution in [1.82, 2.24) is 14.8 Å². The standard InChI is InChI=1S/C19H18N4O4S/c1-3-12(2)22-18(25)16(17(24)20-19(22)28)11-15-5-4-10-21(15)13-6-8-14(9-7-13)23(26)27/h4-12H,3H2,1-2H3,(H,20,24,28)/b16-11+/t12-/m1/s1. The minimum absolute atomic E-state index is 0.0178. The summed E-state index contributed by atoms with van der Waals surface area (Å²) in [5.41, 5.74) is 1.22. The summed E-state index contributed by atoms with van der Waals surface area (Å²) in [7, 11) is 0. The van der Waals surface area contributed by atoms with Crippen molar-refractivity contribution in [1.29, 1.82) is 0 Å². The maximum Gasteiger partial charge on any atom is 0.269 e. The van der Waals surface area contributed by atoms with E-state index >= 15 is 0 Å². The number of amides is 2. The maximum absolute atomic E-state index is 12.9. The Morgan fingerprint density at radius 1 is 1.25 bits per heavy atom. The fourth-order valence-corrected chi connectivity index (χ4v) is 3.24. The Labute approximate surface area is 166 Å². The largest absolute Gasteiger partial charge is 0.317 e. The van der Waals surface area contributed by atoms with Crippen molar-refractivity contribution in [3.8, 4) is 5.69 Å². The number of aromatic nitrogens is 1. The van der Waals surface area contributed by atoms with E-state index in [9.17, 15) is 19.7 Å². The second-order valence-corrected chi connectivity index (χ2v) is 6.71. The molecule has 0 bridgehead atoms. The molecule has 2 amide bonds. The van der Waals surface area contributed by atoms with Gasteiger partial charge in [0.2, 0.25) is 0 Å². The zero-order valence-electron chi connectivity index (χ0n) is 15.3. The molecule has 144 valence electrons. The van der Waals surface area contributed by atoms with Gasteiger partial charge in [0.05, 0.1) is 4.92 Å². The molecule has 9 heteroatoms. The van der Waals surface area contributed by atoms with Crippen LogP contribution in [0.3, 0.4) is 0 Å². The van der Waals surface area contributed by atoms with E-state index in [0.29, 0.717) is 17.8 Å². The summed E-state index contributed by atoms with van der Waals surface area (Å²) < 4.78 is 1.73. The van der Waals surface area contributed by atoms with E-state index in [2.05, 4.69) is 5.32 Å². The highest BCUT2D eigenvalue weighted by Gasteiger charge is 2.35. The Morgan fingerprint density at radius 2 is 1.93 bits per heavy atom. The van der Waals surface area contributed by atoms with Crippen molar-refractivity contribution in [2.75, 3.05) is 0 Å². The third-order valence-electron chi connectivity index (χ3n) is 4.58. The van der Waals surface area contributed by atoms with Crippen molar-refractivity contribution in [3.63, 3.8) is 0 Å². The molecular weight excluding hydrogens is 380 g/mol. The molecule has 3 rings (SSSR count). The van der Waals surface area contributed by atoms with E-state index in [0.717, 1.165) is 0 Å². The number of rotatable bonds is 5. The fraction of sp³-hybridized carbons (Fsp3) is 0.211. The third kappa shape index (κ3) is 3.56. The van der Waals surface area contributed by atoms with Gasteiger partial charge in [-0.25, -0.2) is 0 Å². The Balaban J connectivity index is 1.99. The lowest BCUT2D eigenvalue weighted by Crippen LogP contribution is -2.56. The minimum Gasteiger partial charge on any atom is -0.317 e. The molecule has 1 aliphatic rings. The SMILES string of the molecule is CC[C@@H](C)N1C(=O)/C(=C/c2cccn2-c2ccc([N+](=O)[O-])cc2)C(=O)NC1=S. The molecule has 1 N–H and O–H groups in total. The molecule has 1 aromatic carbocycles. The minimum atomic E-state index is -0.550. The van der Waals surface area contributed by atoms with Crippen LogP contribution in [0.4, 0.5) is 5.69 Å². The van der Waals surface area contributed by atoms with Crippen LogP contribution < -0.4 is 5.32 Å². The number of non-ortho nitro benzene ring substituents is 1. The summed E-state index contributed by atoms with van der Waals surface area (Å²) in [4.78, 5) is 37.0. The number of benzene rings is 1. The Bertz CT molecular complexity index is 994. The molecule has 1 atom stereocenters. The average molecular weight is 398 g/mol.